The Morgan fingerprint density at radius 1 is 1.60 bits per heavy atom. The smallest absolute Gasteiger partial charge is 0.135 e. The van der Waals surface area contributed by atoms with Gasteiger partial charge < -0.3 is 5.32 Å². The zero-order valence-electron chi connectivity index (χ0n) is 6.68. The van der Waals surface area contributed by atoms with Crippen LogP contribution in [0.1, 0.15) is 26.7 Å². The molecule has 1 rings (SSSR count). The monoisotopic (exact) mass is 141 g/mol. The quantitative estimate of drug-likeness (QED) is 0.589. The van der Waals surface area contributed by atoms with Crippen LogP contribution in [-0.2, 0) is 4.79 Å². The van der Waals surface area contributed by atoms with Gasteiger partial charge in [-0.1, -0.05) is 13.8 Å². The van der Waals surface area contributed by atoms with Gasteiger partial charge in [0.05, 0.1) is 0 Å². The molecule has 0 aromatic rings. The molecule has 1 unspecified atom stereocenters. The molecule has 1 heterocycles. The third-order valence-corrected chi connectivity index (χ3v) is 2.06. The van der Waals surface area contributed by atoms with Crippen molar-refractivity contribution in [3.05, 3.63) is 0 Å². The van der Waals surface area contributed by atoms with Crippen LogP contribution in [0.5, 0.6) is 0 Å². The van der Waals surface area contributed by atoms with Crippen LogP contribution in [0.4, 0.5) is 0 Å². The van der Waals surface area contributed by atoms with Gasteiger partial charge in [0, 0.05) is 25.4 Å². The molecule has 1 saturated heterocycles. The summed E-state index contributed by atoms with van der Waals surface area (Å²) < 4.78 is 0. The number of ketones is 1. The highest BCUT2D eigenvalue weighted by Gasteiger charge is 2.20. The first-order valence-electron chi connectivity index (χ1n) is 3.95. The molecule has 0 aliphatic carbocycles. The van der Waals surface area contributed by atoms with Gasteiger partial charge in [-0.05, 0) is 5.92 Å². The topological polar surface area (TPSA) is 29.1 Å². The molecule has 2 nitrogen and oxygen atoms in total. The second-order valence-electron chi connectivity index (χ2n) is 3.30. The first kappa shape index (κ1) is 7.73. The number of rotatable bonds is 1. The summed E-state index contributed by atoms with van der Waals surface area (Å²) in [5.74, 6) is 1.00. The molecule has 58 valence electrons. The summed E-state index contributed by atoms with van der Waals surface area (Å²) in [7, 11) is 0. The fraction of sp³-hybridized carbons (Fsp3) is 0.875. The van der Waals surface area contributed by atoms with Gasteiger partial charge >= 0.3 is 0 Å². The van der Waals surface area contributed by atoms with Gasteiger partial charge in [-0.2, -0.15) is 0 Å². The minimum absolute atomic E-state index is 0.414. The summed E-state index contributed by atoms with van der Waals surface area (Å²) in [6.45, 7) is 5.17. The van der Waals surface area contributed by atoms with Crippen molar-refractivity contribution in [2.45, 2.75) is 32.7 Å². The molecule has 1 atom stereocenters. The molecule has 0 radical (unpaired) electrons. The molecule has 0 amide bonds. The maximum Gasteiger partial charge on any atom is 0.135 e. The van der Waals surface area contributed by atoms with E-state index >= 15 is 0 Å². The van der Waals surface area contributed by atoms with Crippen LogP contribution in [0.2, 0.25) is 0 Å². The zero-order chi connectivity index (χ0) is 7.56. The van der Waals surface area contributed by atoms with Gasteiger partial charge in [0.2, 0.25) is 0 Å². The first-order valence-corrected chi connectivity index (χ1v) is 3.95. The molecule has 0 spiro atoms. The van der Waals surface area contributed by atoms with E-state index in [0.29, 0.717) is 17.7 Å². The number of hydrogen-bond donors (Lipinski definition) is 1. The van der Waals surface area contributed by atoms with Crippen molar-refractivity contribution in [1.82, 2.24) is 5.32 Å². The number of piperidine rings is 1. The Balaban J connectivity index is 2.39. The van der Waals surface area contributed by atoms with Crippen LogP contribution in [-0.4, -0.2) is 18.4 Å². The molecule has 0 aromatic heterocycles. The average molecular weight is 141 g/mol. The normalized spacial score (nSPS) is 27.5. The fourth-order valence-electron chi connectivity index (χ4n) is 1.29. The minimum atomic E-state index is 0.414. The predicted octanol–water partition coefficient (Wildman–Crippen LogP) is 0.964. The summed E-state index contributed by atoms with van der Waals surface area (Å²) in [5, 5.41) is 3.33. The second kappa shape index (κ2) is 3.15. The van der Waals surface area contributed by atoms with Crippen molar-refractivity contribution in [2.24, 2.45) is 5.92 Å². The Kier molecular flexibility index (Phi) is 2.44. The number of Topliss-reactive ketones (excluding diaryl/α,β-unsaturated/α-hetero) is 1. The van der Waals surface area contributed by atoms with Gasteiger partial charge in [-0.15, -0.1) is 0 Å². The number of carbonyl (C=O) groups excluding carboxylic acids is 1. The molecule has 2 heteroatoms. The zero-order valence-corrected chi connectivity index (χ0v) is 6.68. The SMILES string of the molecule is CC(C)C1CC(=O)CCN1. The van der Waals surface area contributed by atoms with E-state index in [0.717, 1.165) is 19.4 Å². The van der Waals surface area contributed by atoms with Gasteiger partial charge in [0.15, 0.2) is 0 Å². The molecule has 1 aliphatic heterocycles. The van der Waals surface area contributed by atoms with E-state index in [9.17, 15) is 4.79 Å². The molecule has 1 N–H and O–H groups in total. The molecule has 1 fully saturated rings. The summed E-state index contributed by atoms with van der Waals surface area (Å²) in [6, 6.07) is 0.432. The van der Waals surface area contributed by atoms with Crippen LogP contribution in [0.25, 0.3) is 0 Å². The number of hydrogen-bond acceptors (Lipinski definition) is 2. The highest BCUT2D eigenvalue weighted by molar-refractivity contribution is 5.79. The van der Waals surface area contributed by atoms with E-state index in [-0.39, 0.29) is 0 Å². The maximum atomic E-state index is 10.9. The molecule has 10 heavy (non-hydrogen) atoms. The lowest BCUT2D eigenvalue weighted by molar-refractivity contribution is -0.120. The molecule has 0 aromatic carbocycles. The lowest BCUT2D eigenvalue weighted by atomic mass is 9.94. The summed E-state index contributed by atoms with van der Waals surface area (Å²) in [4.78, 5) is 10.9. The highest BCUT2D eigenvalue weighted by atomic mass is 16.1. The Morgan fingerprint density at radius 2 is 2.30 bits per heavy atom. The van der Waals surface area contributed by atoms with Crippen LogP contribution in [0, 0.1) is 5.92 Å². The summed E-state index contributed by atoms with van der Waals surface area (Å²) >= 11 is 0. The van der Waals surface area contributed by atoms with Crippen molar-refractivity contribution < 1.29 is 4.79 Å². The van der Waals surface area contributed by atoms with Gasteiger partial charge in [-0.25, -0.2) is 0 Å². The Labute approximate surface area is 62.0 Å². The van der Waals surface area contributed by atoms with Crippen molar-refractivity contribution in [2.75, 3.05) is 6.54 Å². The Morgan fingerprint density at radius 3 is 2.70 bits per heavy atom. The van der Waals surface area contributed by atoms with Crippen LogP contribution in [0.15, 0.2) is 0 Å². The minimum Gasteiger partial charge on any atom is -0.313 e. The second-order valence-corrected chi connectivity index (χ2v) is 3.30. The lowest BCUT2D eigenvalue weighted by Crippen LogP contribution is -2.41. The van der Waals surface area contributed by atoms with E-state index in [4.69, 9.17) is 0 Å². The van der Waals surface area contributed by atoms with E-state index in [1.807, 2.05) is 0 Å². The number of carbonyl (C=O) groups is 1. The van der Waals surface area contributed by atoms with Gasteiger partial charge in [0.1, 0.15) is 5.78 Å². The van der Waals surface area contributed by atoms with Crippen molar-refractivity contribution in [3.63, 3.8) is 0 Å². The van der Waals surface area contributed by atoms with Crippen LogP contribution in [0.3, 0.4) is 0 Å². The number of nitrogens with one attached hydrogen (secondary N) is 1. The largest absolute Gasteiger partial charge is 0.313 e. The summed E-state index contributed by atoms with van der Waals surface area (Å²) in [5.41, 5.74) is 0. The van der Waals surface area contributed by atoms with E-state index in [1.165, 1.54) is 0 Å². The average Bonchev–Trinajstić information content (AvgIpc) is 1.88. The third-order valence-electron chi connectivity index (χ3n) is 2.06. The highest BCUT2D eigenvalue weighted by Crippen LogP contribution is 2.11. The standard InChI is InChI=1S/C8H15NO/c1-6(2)8-5-7(10)3-4-9-8/h6,8-9H,3-5H2,1-2H3. The predicted molar refractivity (Wildman–Crippen MR) is 40.9 cm³/mol. The fourth-order valence-corrected chi connectivity index (χ4v) is 1.29. The van der Waals surface area contributed by atoms with Crippen molar-refractivity contribution in [1.29, 1.82) is 0 Å². The van der Waals surface area contributed by atoms with E-state index in [2.05, 4.69) is 19.2 Å². The molecule has 0 saturated carbocycles. The third kappa shape index (κ3) is 1.81. The summed E-state index contributed by atoms with van der Waals surface area (Å²) in [6.07, 6.45) is 1.46. The Hall–Kier alpha value is -0.370. The van der Waals surface area contributed by atoms with E-state index < -0.39 is 0 Å². The van der Waals surface area contributed by atoms with Crippen molar-refractivity contribution >= 4 is 5.78 Å². The Bertz CT molecular complexity index is 131. The molecule has 1 aliphatic rings. The first-order chi connectivity index (χ1) is 4.70. The lowest BCUT2D eigenvalue weighted by Gasteiger charge is -2.25. The molecular weight excluding hydrogens is 126 g/mol. The van der Waals surface area contributed by atoms with Crippen molar-refractivity contribution in [3.8, 4) is 0 Å². The van der Waals surface area contributed by atoms with Gasteiger partial charge in [0.25, 0.3) is 0 Å². The van der Waals surface area contributed by atoms with E-state index in [1.54, 1.807) is 0 Å². The van der Waals surface area contributed by atoms with Crippen LogP contribution >= 0.6 is 0 Å². The molecular formula is C8H15NO. The maximum absolute atomic E-state index is 10.9. The molecule has 0 bridgehead atoms. The van der Waals surface area contributed by atoms with Crippen LogP contribution < -0.4 is 5.32 Å². The van der Waals surface area contributed by atoms with Gasteiger partial charge in [-0.3, -0.25) is 4.79 Å².